The fourth-order valence-electron chi connectivity index (χ4n) is 4.30. The van der Waals surface area contributed by atoms with Gasteiger partial charge in [0.2, 0.25) is 0 Å². The largest absolute Gasteiger partial charge is 0.497 e. The van der Waals surface area contributed by atoms with Gasteiger partial charge in [0, 0.05) is 30.2 Å². The number of nitrogens with zero attached hydrogens (tertiary/aromatic N) is 4. The highest BCUT2D eigenvalue weighted by Gasteiger charge is 2.46. The SMILES string of the molecule is COc1ccc2c(c1)ncn2-c1ccc2cc(N3CCC4(CC3)CO4)ccc2n1. The van der Waals surface area contributed by atoms with Crippen LogP contribution in [0.4, 0.5) is 5.69 Å². The zero-order valence-electron chi connectivity index (χ0n) is 16.3. The Bertz CT molecular complexity index is 1220. The first kappa shape index (κ1) is 16.8. The third kappa shape index (κ3) is 2.83. The van der Waals surface area contributed by atoms with Crippen molar-refractivity contribution in [3.8, 4) is 11.6 Å². The van der Waals surface area contributed by atoms with Crippen molar-refractivity contribution in [2.24, 2.45) is 0 Å². The average molecular weight is 386 g/mol. The van der Waals surface area contributed by atoms with E-state index in [4.69, 9.17) is 14.5 Å². The van der Waals surface area contributed by atoms with Gasteiger partial charge in [-0.2, -0.15) is 0 Å². The van der Waals surface area contributed by atoms with E-state index in [2.05, 4.69) is 40.2 Å². The lowest BCUT2D eigenvalue weighted by Crippen LogP contribution is -2.37. The Hall–Kier alpha value is -3.12. The quantitative estimate of drug-likeness (QED) is 0.499. The van der Waals surface area contributed by atoms with E-state index in [0.717, 1.165) is 66.0 Å². The fraction of sp³-hybridized carbons (Fsp3) is 0.304. The second-order valence-corrected chi connectivity index (χ2v) is 7.97. The Labute approximate surface area is 168 Å². The maximum Gasteiger partial charge on any atom is 0.139 e. The number of benzene rings is 2. The molecule has 4 heterocycles. The molecule has 2 saturated heterocycles. The molecule has 6 rings (SSSR count). The van der Waals surface area contributed by atoms with Crippen LogP contribution >= 0.6 is 0 Å². The molecule has 0 bridgehead atoms. The second-order valence-electron chi connectivity index (χ2n) is 7.97. The molecule has 0 aliphatic carbocycles. The summed E-state index contributed by atoms with van der Waals surface area (Å²) in [6.45, 7) is 3.06. The van der Waals surface area contributed by atoms with Gasteiger partial charge in [0.15, 0.2) is 0 Å². The summed E-state index contributed by atoms with van der Waals surface area (Å²) in [7, 11) is 1.67. The van der Waals surface area contributed by atoms with E-state index in [1.165, 1.54) is 5.69 Å². The first-order valence-electron chi connectivity index (χ1n) is 10.0. The number of piperidine rings is 1. The predicted molar refractivity (Wildman–Crippen MR) is 113 cm³/mol. The number of aromatic nitrogens is 3. The van der Waals surface area contributed by atoms with Gasteiger partial charge in [0.25, 0.3) is 0 Å². The van der Waals surface area contributed by atoms with E-state index < -0.39 is 0 Å². The normalized spacial score (nSPS) is 17.9. The molecule has 0 amide bonds. The van der Waals surface area contributed by atoms with Crippen LogP contribution in [0.15, 0.2) is 54.9 Å². The Morgan fingerprint density at radius 1 is 1.00 bits per heavy atom. The molecule has 0 atom stereocenters. The summed E-state index contributed by atoms with van der Waals surface area (Å²) in [5.41, 5.74) is 4.37. The summed E-state index contributed by atoms with van der Waals surface area (Å²) in [6.07, 6.45) is 4.07. The van der Waals surface area contributed by atoms with Gasteiger partial charge in [-0.05, 0) is 55.3 Å². The van der Waals surface area contributed by atoms with Crippen LogP contribution in [0.2, 0.25) is 0 Å². The molecule has 0 N–H and O–H groups in total. The molecule has 0 unspecified atom stereocenters. The molecule has 2 aromatic carbocycles. The van der Waals surface area contributed by atoms with Crippen molar-refractivity contribution >= 4 is 27.6 Å². The van der Waals surface area contributed by atoms with Gasteiger partial charge in [-0.1, -0.05) is 0 Å². The molecule has 2 aliphatic rings. The summed E-state index contributed by atoms with van der Waals surface area (Å²) < 4.78 is 12.9. The smallest absolute Gasteiger partial charge is 0.139 e. The molecule has 2 aromatic heterocycles. The molecule has 2 fully saturated rings. The molecule has 0 radical (unpaired) electrons. The highest BCUT2D eigenvalue weighted by atomic mass is 16.6. The molecule has 2 aliphatic heterocycles. The molecular weight excluding hydrogens is 364 g/mol. The predicted octanol–water partition coefficient (Wildman–Crippen LogP) is 3.95. The summed E-state index contributed by atoms with van der Waals surface area (Å²) in [4.78, 5) is 11.8. The van der Waals surface area contributed by atoms with Crippen LogP contribution in [-0.2, 0) is 4.74 Å². The monoisotopic (exact) mass is 386 g/mol. The summed E-state index contributed by atoms with van der Waals surface area (Å²) in [6, 6.07) is 16.7. The van der Waals surface area contributed by atoms with Crippen LogP contribution < -0.4 is 9.64 Å². The van der Waals surface area contributed by atoms with Crippen molar-refractivity contribution in [2.75, 3.05) is 31.7 Å². The van der Waals surface area contributed by atoms with Crippen molar-refractivity contribution in [3.63, 3.8) is 0 Å². The van der Waals surface area contributed by atoms with Crippen molar-refractivity contribution in [1.82, 2.24) is 14.5 Å². The average Bonchev–Trinajstić information content (AvgIpc) is 3.39. The minimum absolute atomic E-state index is 0.210. The zero-order chi connectivity index (χ0) is 19.4. The number of methoxy groups -OCH3 is 1. The minimum atomic E-state index is 0.210. The third-order valence-electron chi connectivity index (χ3n) is 6.25. The van der Waals surface area contributed by atoms with Crippen LogP contribution in [0.5, 0.6) is 5.75 Å². The molecule has 29 heavy (non-hydrogen) atoms. The molecule has 6 nitrogen and oxygen atoms in total. The summed E-state index contributed by atoms with van der Waals surface area (Å²) >= 11 is 0. The Balaban J connectivity index is 1.32. The molecule has 146 valence electrons. The highest BCUT2D eigenvalue weighted by molar-refractivity contribution is 5.84. The van der Waals surface area contributed by atoms with E-state index in [-0.39, 0.29) is 5.60 Å². The van der Waals surface area contributed by atoms with Crippen molar-refractivity contribution in [2.45, 2.75) is 18.4 Å². The molecular formula is C23H22N4O2. The van der Waals surface area contributed by atoms with Crippen LogP contribution in [0.25, 0.3) is 27.8 Å². The van der Waals surface area contributed by atoms with Crippen LogP contribution in [0.1, 0.15) is 12.8 Å². The number of rotatable bonds is 3. The van der Waals surface area contributed by atoms with Crippen LogP contribution in [0, 0.1) is 0 Å². The number of anilines is 1. The van der Waals surface area contributed by atoms with Crippen LogP contribution in [-0.4, -0.2) is 46.9 Å². The Morgan fingerprint density at radius 3 is 2.66 bits per heavy atom. The first-order valence-corrected chi connectivity index (χ1v) is 10.0. The number of imidazole rings is 1. The summed E-state index contributed by atoms with van der Waals surface area (Å²) in [5.74, 6) is 1.67. The maximum atomic E-state index is 5.63. The van der Waals surface area contributed by atoms with Gasteiger partial charge in [0.1, 0.15) is 17.9 Å². The van der Waals surface area contributed by atoms with E-state index in [0.29, 0.717) is 0 Å². The van der Waals surface area contributed by atoms with E-state index in [9.17, 15) is 0 Å². The Morgan fingerprint density at radius 2 is 1.86 bits per heavy atom. The molecule has 4 aromatic rings. The van der Waals surface area contributed by atoms with Crippen molar-refractivity contribution < 1.29 is 9.47 Å². The number of hydrogen-bond donors (Lipinski definition) is 0. The van der Waals surface area contributed by atoms with Gasteiger partial charge in [-0.3, -0.25) is 4.57 Å². The third-order valence-corrected chi connectivity index (χ3v) is 6.25. The number of fused-ring (bicyclic) bond motifs is 2. The first-order chi connectivity index (χ1) is 14.2. The second kappa shape index (κ2) is 6.19. The van der Waals surface area contributed by atoms with Crippen molar-refractivity contribution in [3.05, 3.63) is 54.9 Å². The highest BCUT2D eigenvalue weighted by Crippen LogP contribution is 2.39. The number of pyridine rings is 1. The van der Waals surface area contributed by atoms with Gasteiger partial charge in [-0.15, -0.1) is 0 Å². The van der Waals surface area contributed by atoms with Crippen LogP contribution in [0.3, 0.4) is 0 Å². The fourth-order valence-corrected chi connectivity index (χ4v) is 4.30. The van der Waals surface area contributed by atoms with Gasteiger partial charge in [0.05, 0.1) is 35.9 Å². The lowest BCUT2D eigenvalue weighted by molar-refractivity contribution is 0.259. The van der Waals surface area contributed by atoms with Gasteiger partial charge < -0.3 is 14.4 Å². The maximum absolute atomic E-state index is 5.63. The molecule has 1 spiro atoms. The molecule has 6 heteroatoms. The van der Waals surface area contributed by atoms with Crippen molar-refractivity contribution in [1.29, 1.82) is 0 Å². The number of hydrogen-bond acceptors (Lipinski definition) is 5. The zero-order valence-corrected chi connectivity index (χ0v) is 16.3. The number of epoxide rings is 1. The van der Waals surface area contributed by atoms with E-state index in [1.807, 2.05) is 29.1 Å². The van der Waals surface area contributed by atoms with E-state index in [1.54, 1.807) is 7.11 Å². The topological polar surface area (TPSA) is 55.7 Å². The number of ether oxygens (including phenoxy) is 2. The lowest BCUT2D eigenvalue weighted by atomic mass is 9.97. The van der Waals surface area contributed by atoms with Gasteiger partial charge in [-0.25, -0.2) is 9.97 Å². The van der Waals surface area contributed by atoms with E-state index >= 15 is 0 Å². The summed E-state index contributed by atoms with van der Waals surface area (Å²) in [5, 5.41) is 1.15. The minimum Gasteiger partial charge on any atom is -0.497 e. The standard InChI is InChI=1S/C23H22N4O2/c1-28-18-4-6-21-20(13-18)24-15-27(21)22-7-2-16-12-17(3-5-19(16)25-22)26-10-8-23(9-11-26)14-29-23/h2-7,12-13,15H,8-11,14H2,1H3. The lowest BCUT2D eigenvalue weighted by Gasteiger charge is -2.32. The molecule has 0 saturated carbocycles. The van der Waals surface area contributed by atoms with Gasteiger partial charge >= 0.3 is 0 Å². The Kier molecular flexibility index (Phi) is 3.59.